The zero-order chi connectivity index (χ0) is 5.86. The molecule has 0 aliphatic rings. The second-order valence-corrected chi connectivity index (χ2v) is 1.66. The van der Waals surface area contributed by atoms with Crippen molar-refractivity contribution in [1.29, 1.82) is 0 Å². The standard InChI is InChI=1S/C4H10N2O/c1-3(2)6-4(5)7/h3H,1-2H3,(H3,5,6,7). The number of nitrogens with two attached hydrogens (primary N) is 1. The fraction of sp³-hybridized carbons (Fsp3) is 0.750. The Morgan fingerprint density at radius 3 is 2.14 bits per heavy atom. The molecule has 3 N–H and O–H groups in total. The number of carbonyl (C=O) groups excluding carboxylic acids is 1. The molecule has 3 heteroatoms. The molecule has 3 nitrogen and oxygen atoms in total. The second kappa shape index (κ2) is 2.44. The highest BCUT2D eigenvalue weighted by Crippen LogP contribution is 1.71. The molecule has 0 fully saturated rings. The van der Waals surface area contributed by atoms with E-state index < -0.39 is 6.03 Å². The Morgan fingerprint density at radius 2 is 2.14 bits per heavy atom. The molecule has 0 heterocycles. The average molecular weight is 102 g/mol. The Balaban J connectivity index is 3.13. The highest BCUT2D eigenvalue weighted by molar-refractivity contribution is 5.71. The first-order valence-electron chi connectivity index (χ1n) is 2.19. The van der Waals surface area contributed by atoms with Gasteiger partial charge in [-0.3, -0.25) is 0 Å². The smallest absolute Gasteiger partial charge is 0.312 e. The minimum atomic E-state index is -0.463. The van der Waals surface area contributed by atoms with Gasteiger partial charge in [0.25, 0.3) is 0 Å². The van der Waals surface area contributed by atoms with E-state index in [1.807, 2.05) is 13.8 Å². The van der Waals surface area contributed by atoms with Gasteiger partial charge in [-0.2, -0.15) is 0 Å². The van der Waals surface area contributed by atoms with Crippen molar-refractivity contribution in [2.45, 2.75) is 19.9 Å². The first kappa shape index (κ1) is 6.27. The molecule has 0 rings (SSSR count). The Hall–Kier alpha value is -0.730. The molecule has 7 heavy (non-hydrogen) atoms. The fourth-order valence-electron chi connectivity index (χ4n) is 0.285. The normalized spacial score (nSPS) is 9.00. The zero-order valence-corrected chi connectivity index (χ0v) is 4.56. The Labute approximate surface area is 42.9 Å². The quantitative estimate of drug-likeness (QED) is 0.483. The average Bonchev–Trinajstić information content (AvgIpc) is 1.27. The fourth-order valence-corrected chi connectivity index (χ4v) is 0.285. The van der Waals surface area contributed by atoms with Gasteiger partial charge < -0.3 is 11.1 Å². The molecule has 0 aliphatic heterocycles. The maximum atomic E-state index is 9.92. The maximum Gasteiger partial charge on any atom is 0.312 e. The number of amides is 2. The highest BCUT2D eigenvalue weighted by Gasteiger charge is 1.91. The third kappa shape index (κ3) is 5.27. The summed E-state index contributed by atoms with van der Waals surface area (Å²) in [7, 11) is 0. The lowest BCUT2D eigenvalue weighted by Gasteiger charge is -2.01. The first-order chi connectivity index (χ1) is 3.13. The summed E-state index contributed by atoms with van der Waals surface area (Å²) in [6, 6.07) is -0.312. The summed E-state index contributed by atoms with van der Waals surface area (Å²) in [5.74, 6) is 0. The summed E-state index contributed by atoms with van der Waals surface area (Å²) in [6.07, 6.45) is 0. The number of hydrogen-bond acceptors (Lipinski definition) is 1. The molecule has 0 spiro atoms. The molecular weight excluding hydrogens is 92.1 g/mol. The molecule has 0 unspecified atom stereocenters. The number of nitrogens with one attached hydrogen (secondary N) is 1. The van der Waals surface area contributed by atoms with Crippen molar-refractivity contribution in [3.05, 3.63) is 0 Å². The first-order valence-corrected chi connectivity index (χ1v) is 2.19. The highest BCUT2D eigenvalue weighted by atomic mass is 16.2. The van der Waals surface area contributed by atoms with Gasteiger partial charge in [0.05, 0.1) is 0 Å². The maximum absolute atomic E-state index is 9.92. The number of urea groups is 1. The van der Waals surface area contributed by atoms with Gasteiger partial charge in [-0.05, 0) is 13.8 Å². The van der Waals surface area contributed by atoms with E-state index in [2.05, 4.69) is 5.32 Å². The number of primary amides is 1. The molecule has 42 valence electrons. The van der Waals surface area contributed by atoms with E-state index in [4.69, 9.17) is 5.73 Å². The van der Waals surface area contributed by atoms with Crippen molar-refractivity contribution in [1.82, 2.24) is 5.32 Å². The van der Waals surface area contributed by atoms with Crippen LogP contribution in [-0.4, -0.2) is 12.1 Å². The number of carbonyl (C=O) groups is 1. The zero-order valence-electron chi connectivity index (χ0n) is 4.56. The minimum absolute atomic E-state index is 0.150. The Kier molecular flexibility index (Phi) is 2.19. The summed E-state index contributed by atoms with van der Waals surface area (Å²) in [4.78, 5) is 9.92. The van der Waals surface area contributed by atoms with Gasteiger partial charge in [0.1, 0.15) is 0 Å². The number of rotatable bonds is 1. The van der Waals surface area contributed by atoms with E-state index in [9.17, 15) is 4.79 Å². The third-order valence-corrected chi connectivity index (χ3v) is 0.431. The third-order valence-electron chi connectivity index (χ3n) is 0.431. The van der Waals surface area contributed by atoms with Crippen LogP contribution in [-0.2, 0) is 0 Å². The van der Waals surface area contributed by atoms with Crippen LogP contribution < -0.4 is 11.1 Å². The predicted molar refractivity (Wildman–Crippen MR) is 27.9 cm³/mol. The largest absolute Gasteiger partial charge is 0.352 e. The van der Waals surface area contributed by atoms with E-state index in [1.165, 1.54) is 0 Å². The van der Waals surface area contributed by atoms with Crippen molar-refractivity contribution in [2.24, 2.45) is 5.73 Å². The van der Waals surface area contributed by atoms with Crippen LogP contribution in [0.1, 0.15) is 13.8 Å². The summed E-state index contributed by atoms with van der Waals surface area (Å²) in [5, 5.41) is 2.44. The Bertz CT molecular complexity index is 70.1. The monoisotopic (exact) mass is 102 g/mol. The van der Waals surface area contributed by atoms with Crippen LogP contribution in [0.3, 0.4) is 0 Å². The van der Waals surface area contributed by atoms with Crippen LogP contribution in [0.25, 0.3) is 0 Å². The summed E-state index contributed by atoms with van der Waals surface area (Å²) >= 11 is 0. The van der Waals surface area contributed by atoms with Crippen molar-refractivity contribution in [3.8, 4) is 0 Å². The van der Waals surface area contributed by atoms with Crippen LogP contribution in [0.5, 0.6) is 0 Å². The van der Waals surface area contributed by atoms with Gasteiger partial charge in [-0.25, -0.2) is 4.79 Å². The van der Waals surface area contributed by atoms with Gasteiger partial charge >= 0.3 is 6.03 Å². The SMILES string of the molecule is CC(C)NC(N)=O. The molecule has 0 atom stereocenters. The van der Waals surface area contributed by atoms with Gasteiger partial charge in [-0.1, -0.05) is 0 Å². The van der Waals surface area contributed by atoms with Gasteiger partial charge in [0.15, 0.2) is 0 Å². The Morgan fingerprint density at radius 1 is 1.71 bits per heavy atom. The van der Waals surface area contributed by atoms with Crippen LogP contribution >= 0.6 is 0 Å². The van der Waals surface area contributed by atoms with E-state index in [0.29, 0.717) is 0 Å². The van der Waals surface area contributed by atoms with E-state index in [1.54, 1.807) is 0 Å². The summed E-state index contributed by atoms with van der Waals surface area (Å²) in [6.45, 7) is 3.70. The topological polar surface area (TPSA) is 55.1 Å². The summed E-state index contributed by atoms with van der Waals surface area (Å²) in [5.41, 5.74) is 4.74. The summed E-state index contributed by atoms with van der Waals surface area (Å²) < 4.78 is 0. The lowest BCUT2D eigenvalue weighted by molar-refractivity contribution is 0.247. The van der Waals surface area contributed by atoms with Crippen molar-refractivity contribution in [2.75, 3.05) is 0 Å². The van der Waals surface area contributed by atoms with Crippen molar-refractivity contribution >= 4 is 6.03 Å². The molecule has 2 amide bonds. The predicted octanol–water partition coefficient (Wildman–Crippen LogP) is 0.0631. The molecule has 0 radical (unpaired) electrons. The lowest BCUT2D eigenvalue weighted by Crippen LogP contribution is -2.34. The van der Waals surface area contributed by atoms with E-state index >= 15 is 0 Å². The van der Waals surface area contributed by atoms with Gasteiger partial charge in [0.2, 0.25) is 0 Å². The molecule has 0 aromatic carbocycles. The van der Waals surface area contributed by atoms with E-state index in [0.717, 1.165) is 0 Å². The van der Waals surface area contributed by atoms with Crippen LogP contribution in [0.4, 0.5) is 4.79 Å². The minimum Gasteiger partial charge on any atom is -0.352 e. The lowest BCUT2D eigenvalue weighted by atomic mass is 10.4. The van der Waals surface area contributed by atoms with Gasteiger partial charge in [-0.15, -0.1) is 0 Å². The van der Waals surface area contributed by atoms with Crippen LogP contribution in [0, 0.1) is 0 Å². The molecule has 0 saturated heterocycles. The number of hydrogen-bond donors (Lipinski definition) is 2. The molecular formula is C4H10N2O. The molecule has 0 saturated carbocycles. The van der Waals surface area contributed by atoms with E-state index in [-0.39, 0.29) is 6.04 Å². The van der Waals surface area contributed by atoms with Crippen molar-refractivity contribution < 1.29 is 4.79 Å². The molecule has 0 aromatic rings. The molecule has 0 aromatic heterocycles. The van der Waals surface area contributed by atoms with Crippen molar-refractivity contribution in [3.63, 3.8) is 0 Å². The molecule has 0 bridgehead atoms. The second-order valence-electron chi connectivity index (χ2n) is 1.66. The van der Waals surface area contributed by atoms with Crippen LogP contribution in [0.2, 0.25) is 0 Å². The molecule has 0 aliphatic carbocycles. The van der Waals surface area contributed by atoms with Crippen LogP contribution in [0.15, 0.2) is 0 Å². The van der Waals surface area contributed by atoms with Gasteiger partial charge in [0, 0.05) is 6.04 Å².